The molecule has 7 heteroatoms. The second-order valence-electron chi connectivity index (χ2n) is 7.74. The number of rotatable bonds is 10. The topological polar surface area (TPSA) is 80.2 Å². The third-order valence-corrected chi connectivity index (χ3v) is 5.60. The van der Waals surface area contributed by atoms with Gasteiger partial charge in [-0.2, -0.15) is 5.10 Å². The molecule has 0 aliphatic rings. The Bertz CT molecular complexity index is 1080. The predicted molar refractivity (Wildman–Crippen MR) is 135 cm³/mol. The lowest BCUT2D eigenvalue weighted by Gasteiger charge is -2.27. The van der Waals surface area contributed by atoms with Crippen LogP contribution in [0.5, 0.6) is 11.5 Å². The summed E-state index contributed by atoms with van der Waals surface area (Å²) in [6.07, 6.45) is 2.24. The van der Waals surface area contributed by atoms with Crippen LogP contribution in [0.4, 0.5) is 0 Å². The number of hydrogen-bond acceptors (Lipinski definition) is 5. The monoisotopic (exact) mass is 480 g/mol. The van der Waals surface area contributed by atoms with Gasteiger partial charge in [0, 0.05) is 0 Å². The van der Waals surface area contributed by atoms with Gasteiger partial charge in [0.2, 0.25) is 0 Å². The number of nitrogens with one attached hydrogen (secondary N) is 1. The molecule has 1 atom stereocenters. The maximum atomic E-state index is 13.2. The average molecular weight is 481 g/mol. The molecule has 3 aromatic carbocycles. The van der Waals surface area contributed by atoms with Gasteiger partial charge in [-0.05, 0) is 49.1 Å². The average Bonchev–Trinajstić information content (AvgIpc) is 2.86. The van der Waals surface area contributed by atoms with Crippen molar-refractivity contribution in [2.24, 2.45) is 5.10 Å². The van der Waals surface area contributed by atoms with E-state index in [9.17, 15) is 9.90 Å². The number of carbonyl (C=O) groups excluding carboxylic acids is 1. The van der Waals surface area contributed by atoms with Crippen LogP contribution in [-0.2, 0) is 10.4 Å². The Balaban J connectivity index is 1.86. The van der Waals surface area contributed by atoms with Crippen LogP contribution in [0, 0.1) is 0 Å². The van der Waals surface area contributed by atoms with Gasteiger partial charge in [0.15, 0.2) is 17.1 Å². The molecule has 0 heterocycles. The first kappa shape index (κ1) is 25.3. The summed E-state index contributed by atoms with van der Waals surface area (Å²) in [5, 5.41) is 15.9. The summed E-state index contributed by atoms with van der Waals surface area (Å²) in [6.45, 7) is 6.29. The van der Waals surface area contributed by atoms with Crippen LogP contribution in [0.2, 0.25) is 5.02 Å². The first-order valence-corrected chi connectivity index (χ1v) is 11.6. The maximum absolute atomic E-state index is 13.2. The SMILES string of the molecule is CCOc1cc(/C=N\NC(=O)C(O)(c2ccccc2)c2ccccc2)cc(Cl)c1O[C@H](C)CC. The normalized spacial score (nSPS) is 12.4. The van der Waals surface area contributed by atoms with E-state index in [0.29, 0.717) is 39.8 Å². The number of benzene rings is 3. The fourth-order valence-electron chi connectivity index (χ4n) is 3.36. The minimum atomic E-state index is -1.91. The first-order valence-electron chi connectivity index (χ1n) is 11.2. The molecule has 0 saturated carbocycles. The summed E-state index contributed by atoms with van der Waals surface area (Å²) in [7, 11) is 0. The van der Waals surface area contributed by atoms with Gasteiger partial charge in [0.1, 0.15) is 0 Å². The molecule has 0 bridgehead atoms. The molecule has 0 saturated heterocycles. The summed E-state index contributed by atoms with van der Waals surface area (Å²) >= 11 is 6.45. The van der Waals surface area contributed by atoms with Crippen molar-refractivity contribution in [3.8, 4) is 11.5 Å². The van der Waals surface area contributed by atoms with E-state index in [2.05, 4.69) is 10.5 Å². The first-order chi connectivity index (χ1) is 16.4. The van der Waals surface area contributed by atoms with E-state index in [1.54, 1.807) is 60.7 Å². The third kappa shape index (κ3) is 5.76. The predicted octanol–water partition coefficient (Wildman–Crippen LogP) is 5.30. The molecule has 3 rings (SSSR count). The minimum absolute atomic E-state index is 0.0239. The van der Waals surface area contributed by atoms with E-state index >= 15 is 0 Å². The zero-order valence-corrected chi connectivity index (χ0v) is 20.3. The van der Waals surface area contributed by atoms with Crippen LogP contribution in [0.1, 0.15) is 43.9 Å². The molecule has 0 spiro atoms. The Kier molecular flexibility index (Phi) is 8.68. The highest BCUT2D eigenvalue weighted by Crippen LogP contribution is 2.37. The highest BCUT2D eigenvalue weighted by atomic mass is 35.5. The van der Waals surface area contributed by atoms with Crippen molar-refractivity contribution in [2.45, 2.75) is 38.9 Å². The second kappa shape index (κ2) is 11.7. The van der Waals surface area contributed by atoms with Crippen molar-refractivity contribution in [3.05, 3.63) is 94.5 Å². The highest BCUT2D eigenvalue weighted by molar-refractivity contribution is 6.32. The van der Waals surface area contributed by atoms with Gasteiger partial charge < -0.3 is 14.6 Å². The fourth-order valence-corrected chi connectivity index (χ4v) is 3.62. The van der Waals surface area contributed by atoms with Crippen molar-refractivity contribution in [3.63, 3.8) is 0 Å². The van der Waals surface area contributed by atoms with Gasteiger partial charge in [0.25, 0.3) is 5.91 Å². The van der Waals surface area contributed by atoms with Crippen LogP contribution in [0.25, 0.3) is 0 Å². The van der Waals surface area contributed by atoms with E-state index in [1.165, 1.54) is 6.21 Å². The lowest BCUT2D eigenvalue weighted by atomic mass is 9.85. The summed E-state index contributed by atoms with van der Waals surface area (Å²) in [6, 6.07) is 20.9. The number of hydrazone groups is 1. The molecular formula is C27H29ClN2O4. The maximum Gasteiger partial charge on any atom is 0.281 e. The van der Waals surface area contributed by atoms with Crippen molar-refractivity contribution in [1.29, 1.82) is 0 Å². The van der Waals surface area contributed by atoms with Crippen LogP contribution < -0.4 is 14.9 Å². The van der Waals surface area contributed by atoms with Crippen molar-refractivity contribution >= 4 is 23.7 Å². The van der Waals surface area contributed by atoms with Gasteiger partial charge in [-0.25, -0.2) is 5.43 Å². The quantitative estimate of drug-likeness (QED) is 0.305. The lowest BCUT2D eigenvalue weighted by molar-refractivity contribution is -0.136. The number of aliphatic hydroxyl groups is 1. The number of ether oxygens (including phenoxy) is 2. The summed E-state index contributed by atoms with van der Waals surface area (Å²) in [4.78, 5) is 13.2. The Morgan fingerprint density at radius 1 is 1.09 bits per heavy atom. The van der Waals surface area contributed by atoms with E-state index in [0.717, 1.165) is 6.42 Å². The molecule has 0 aromatic heterocycles. The van der Waals surface area contributed by atoms with Crippen molar-refractivity contribution in [1.82, 2.24) is 5.43 Å². The zero-order valence-electron chi connectivity index (χ0n) is 19.5. The molecule has 0 aliphatic carbocycles. The summed E-state index contributed by atoms with van der Waals surface area (Å²) in [5.74, 6) is 0.281. The van der Waals surface area contributed by atoms with E-state index in [1.807, 2.05) is 32.9 Å². The number of halogens is 1. The minimum Gasteiger partial charge on any atom is -0.490 e. The van der Waals surface area contributed by atoms with Gasteiger partial charge >= 0.3 is 0 Å². The molecular weight excluding hydrogens is 452 g/mol. The molecule has 0 radical (unpaired) electrons. The van der Waals surface area contributed by atoms with Gasteiger partial charge in [0.05, 0.1) is 23.9 Å². The number of amides is 1. The standard InChI is InChI=1S/C27H29ClN2O4/c1-4-19(3)34-25-23(28)16-20(17-24(25)33-5-2)18-29-30-26(31)27(32,21-12-8-6-9-13-21)22-14-10-7-11-15-22/h6-19,32H,4-5H2,1-3H3,(H,30,31)/b29-18-/t19-/m1/s1. The largest absolute Gasteiger partial charge is 0.490 e. The summed E-state index contributed by atoms with van der Waals surface area (Å²) in [5.41, 5.74) is 2.02. The van der Waals surface area contributed by atoms with E-state index in [4.69, 9.17) is 21.1 Å². The molecule has 6 nitrogen and oxygen atoms in total. The lowest BCUT2D eigenvalue weighted by Crippen LogP contribution is -2.43. The van der Waals surface area contributed by atoms with Gasteiger partial charge in [-0.1, -0.05) is 79.2 Å². The number of nitrogens with zero attached hydrogens (tertiary/aromatic N) is 1. The van der Waals surface area contributed by atoms with Gasteiger partial charge in [-0.15, -0.1) is 0 Å². The molecule has 3 aromatic rings. The number of carbonyl (C=O) groups is 1. The molecule has 0 fully saturated rings. The van der Waals surface area contributed by atoms with Crippen molar-refractivity contribution in [2.75, 3.05) is 6.61 Å². The summed E-state index contributed by atoms with van der Waals surface area (Å²) < 4.78 is 11.6. The molecule has 34 heavy (non-hydrogen) atoms. The molecule has 2 N–H and O–H groups in total. The fraction of sp³-hybridized carbons (Fsp3) is 0.259. The Hall–Kier alpha value is -3.35. The molecule has 0 aliphatic heterocycles. The Morgan fingerprint density at radius 3 is 2.21 bits per heavy atom. The van der Waals surface area contributed by atoms with Crippen LogP contribution >= 0.6 is 11.6 Å². The van der Waals surface area contributed by atoms with Crippen molar-refractivity contribution < 1.29 is 19.4 Å². The van der Waals surface area contributed by atoms with E-state index in [-0.39, 0.29) is 6.10 Å². The molecule has 0 unspecified atom stereocenters. The van der Waals surface area contributed by atoms with Crippen LogP contribution in [-0.4, -0.2) is 29.9 Å². The number of hydrogen-bond donors (Lipinski definition) is 2. The highest BCUT2D eigenvalue weighted by Gasteiger charge is 2.39. The third-order valence-electron chi connectivity index (χ3n) is 5.32. The molecule has 178 valence electrons. The van der Waals surface area contributed by atoms with Gasteiger partial charge in [-0.3, -0.25) is 4.79 Å². The molecule has 1 amide bonds. The van der Waals surface area contributed by atoms with E-state index < -0.39 is 11.5 Å². The second-order valence-corrected chi connectivity index (χ2v) is 8.15. The Labute approximate surface area is 205 Å². The Morgan fingerprint density at radius 2 is 1.68 bits per heavy atom. The smallest absolute Gasteiger partial charge is 0.281 e. The zero-order chi connectivity index (χ0) is 24.6. The van der Waals surface area contributed by atoms with Crippen LogP contribution in [0.15, 0.2) is 77.9 Å². The van der Waals surface area contributed by atoms with Crippen LogP contribution in [0.3, 0.4) is 0 Å².